The normalized spacial score (nSPS) is 25.7. The van der Waals surface area contributed by atoms with Crippen molar-refractivity contribution < 1.29 is 9.53 Å². The number of benzene rings is 1. The Bertz CT molecular complexity index is 596. The minimum atomic E-state index is -0.0396. The molecule has 1 saturated heterocycles. The lowest BCUT2D eigenvalue weighted by molar-refractivity contribution is -0.127. The molecule has 150 valence electrons. The van der Waals surface area contributed by atoms with Crippen LogP contribution < -0.4 is 10.1 Å². The minimum Gasteiger partial charge on any atom is -0.497 e. The number of methoxy groups -OCH3 is 1. The van der Waals surface area contributed by atoms with E-state index in [-0.39, 0.29) is 11.9 Å². The fourth-order valence-corrected chi connectivity index (χ4v) is 4.30. The number of hydrogen-bond donors (Lipinski definition) is 1. The van der Waals surface area contributed by atoms with Gasteiger partial charge in [-0.2, -0.15) is 0 Å². The van der Waals surface area contributed by atoms with Crippen molar-refractivity contribution in [3.63, 3.8) is 0 Å². The van der Waals surface area contributed by atoms with Gasteiger partial charge in [0, 0.05) is 38.8 Å². The van der Waals surface area contributed by atoms with Crippen molar-refractivity contribution >= 4 is 5.91 Å². The molecule has 1 aliphatic heterocycles. The maximum atomic E-state index is 12.7. The Balaban J connectivity index is 1.44. The van der Waals surface area contributed by atoms with E-state index in [1.54, 1.807) is 7.11 Å². The predicted molar refractivity (Wildman–Crippen MR) is 109 cm³/mol. The number of piperazine rings is 1. The molecule has 3 rings (SSSR count). The lowest BCUT2D eigenvalue weighted by Gasteiger charge is -2.38. The maximum Gasteiger partial charge on any atom is 0.237 e. The maximum absolute atomic E-state index is 12.7. The van der Waals surface area contributed by atoms with Crippen molar-refractivity contribution in [2.24, 2.45) is 5.92 Å². The number of carbonyl (C=O) groups excluding carboxylic acids is 1. The van der Waals surface area contributed by atoms with Gasteiger partial charge in [-0.15, -0.1) is 0 Å². The smallest absolute Gasteiger partial charge is 0.237 e. The van der Waals surface area contributed by atoms with E-state index < -0.39 is 0 Å². The third-order valence-electron chi connectivity index (χ3n) is 6.34. The van der Waals surface area contributed by atoms with E-state index in [1.165, 1.54) is 24.8 Å². The number of nitrogens with zero attached hydrogens (tertiary/aromatic N) is 2. The monoisotopic (exact) mass is 373 g/mol. The highest BCUT2D eigenvalue weighted by Gasteiger charge is 2.29. The molecule has 1 N–H and O–H groups in total. The Morgan fingerprint density at radius 2 is 1.81 bits per heavy atom. The average Bonchev–Trinajstić information content (AvgIpc) is 2.70. The topological polar surface area (TPSA) is 44.8 Å². The molecule has 0 aromatic heterocycles. The zero-order valence-corrected chi connectivity index (χ0v) is 17.1. The fourth-order valence-electron chi connectivity index (χ4n) is 4.30. The van der Waals surface area contributed by atoms with Gasteiger partial charge in [0.15, 0.2) is 0 Å². The van der Waals surface area contributed by atoms with Gasteiger partial charge in [-0.05, 0) is 43.4 Å². The Hall–Kier alpha value is -1.59. The van der Waals surface area contributed by atoms with Crippen LogP contribution in [-0.2, 0) is 11.3 Å². The van der Waals surface area contributed by atoms with Gasteiger partial charge < -0.3 is 10.1 Å². The Morgan fingerprint density at radius 1 is 1.15 bits per heavy atom. The van der Waals surface area contributed by atoms with Gasteiger partial charge in [0.2, 0.25) is 5.91 Å². The van der Waals surface area contributed by atoms with Gasteiger partial charge >= 0.3 is 0 Å². The van der Waals surface area contributed by atoms with E-state index in [2.05, 4.69) is 41.1 Å². The van der Waals surface area contributed by atoms with E-state index in [0.29, 0.717) is 12.0 Å². The van der Waals surface area contributed by atoms with Crippen LogP contribution in [0.5, 0.6) is 5.75 Å². The zero-order valence-electron chi connectivity index (χ0n) is 17.1. The molecule has 1 heterocycles. The highest BCUT2D eigenvalue weighted by Crippen LogP contribution is 2.24. The van der Waals surface area contributed by atoms with Crippen LogP contribution in [0.2, 0.25) is 0 Å². The van der Waals surface area contributed by atoms with E-state index in [0.717, 1.165) is 44.9 Å². The van der Waals surface area contributed by atoms with Gasteiger partial charge in [-0.3, -0.25) is 14.6 Å². The third-order valence-corrected chi connectivity index (χ3v) is 6.34. The van der Waals surface area contributed by atoms with Crippen LogP contribution in [-0.4, -0.2) is 61.1 Å². The molecule has 3 atom stereocenters. The highest BCUT2D eigenvalue weighted by molar-refractivity contribution is 5.81. The number of rotatable bonds is 6. The molecule has 1 aromatic rings. The van der Waals surface area contributed by atoms with Gasteiger partial charge in [0.1, 0.15) is 5.75 Å². The summed E-state index contributed by atoms with van der Waals surface area (Å²) in [6.07, 6.45) is 4.92. The van der Waals surface area contributed by atoms with Crippen molar-refractivity contribution in [3.8, 4) is 5.75 Å². The van der Waals surface area contributed by atoms with Gasteiger partial charge in [0.25, 0.3) is 0 Å². The Morgan fingerprint density at radius 3 is 2.44 bits per heavy atom. The number of nitrogens with one attached hydrogen (secondary N) is 1. The summed E-state index contributed by atoms with van der Waals surface area (Å²) >= 11 is 0. The minimum absolute atomic E-state index is 0.0396. The summed E-state index contributed by atoms with van der Waals surface area (Å²) in [7, 11) is 1.69. The fraction of sp³-hybridized carbons (Fsp3) is 0.682. The van der Waals surface area contributed by atoms with Gasteiger partial charge in [0.05, 0.1) is 13.2 Å². The van der Waals surface area contributed by atoms with Crippen molar-refractivity contribution in [3.05, 3.63) is 29.8 Å². The first-order valence-electron chi connectivity index (χ1n) is 10.5. The molecule has 1 amide bonds. The molecule has 1 aromatic carbocycles. The van der Waals surface area contributed by atoms with E-state index >= 15 is 0 Å². The summed E-state index contributed by atoms with van der Waals surface area (Å²) < 4.78 is 5.22. The van der Waals surface area contributed by atoms with Crippen molar-refractivity contribution in [1.29, 1.82) is 0 Å². The molecule has 0 radical (unpaired) electrons. The first-order valence-corrected chi connectivity index (χ1v) is 10.5. The second-order valence-corrected chi connectivity index (χ2v) is 8.21. The van der Waals surface area contributed by atoms with Crippen molar-refractivity contribution in [1.82, 2.24) is 15.1 Å². The number of amides is 1. The Labute approximate surface area is 164 Å². The first-order chi connectivity index (χ1) is 13.1. The molecular formula is C22H35N3O2. The predicted octanol–water partition coefficient (Wildman–Crippen LogP) is 2.90. The average molecular weight is 374 g/mol. The van der Waals surface area contributed by atoms with E-state index in [9.17, 15) is 4.79 Å². The molecule has 5 nitrogen and oxygen atoms in total. The largest absolute Gasteiger partial charge is 0.497 e. The number of hydrogen-bond acceptors (Lipinski definition) is 4. The lowest BCUT2D eigenvalue weighted by Crippen LogP contribution is -2.55. The molecule has 0 bridgehead atoms. The van der Waals surface area contributed by atoms with Crippen molar-refractivity contribution in [2.75, 3.05) is 33.3 Å². The van der Waals surface area contributed by atoms with Crippen LogP contribution in [0.1, 0.15) is 45.1 Å². The second-order valence-electron chi connectivity index (χ2n) is 8.21. The van der Waals surface area contributed by atoms with Crippen LogP contribution in [0.15, 0.2) is 24.3 Å². The standard InChI is InChI=1S/C22H35N3O2/c1-17-6-4-5-7-21(17)23-22(26)18(2)25-14-12-24(13-15-25)16-19-8-10-20(27-3)11-9-19/h8-11,17-18,21H,4-7,12-16H2,1-3H3,(H,23,26)/t17-,18-,21+/m1/s1. The van der Waals surface area contributed by atoms with Crippen molar-refractivity contribution in [2.45, 2.75) is 58.2 Å². The van der Waals surface area contributed by atoms with Crippen LogP contribution in [0.4, 0.5) is 0 Å². The molecule has 1 saturated carbocycles. The highest BCUT2D eigenvalue weighted by atomic mass is 16.5. The summed E-state index contributed by atoms with van der Waals surface area (Å²) in [4.78, 5) is 17.5. The molecule has 2 fully saturated rings. The van der Waals surface area contributed by atoms with E-state index in [1.807, 2.05) is 12.1 Å². The lowest BCUT2D eigenvalue weighted by atomic mass is 9.86. The molecule has 0 spiro atoms. The second kappa shape index (κ2) is 9.56. The van der Waals surface area contributed by atoms with E-state index in [4.69, 9.17) is 4.74 Å². The third kappa shape index (κ3) is 5.45. The van der Waals surface area contributed by atoms with Crippen LogP contribution in [0.3, 0.4) is 0 Å². The number of ether oxygens (including phenoxy) is 1. The summed E-state index contributed by atoms with van der Waals surface area (Å²) in [6.45, 7) is 9.19. The molecule has 5 heteroatoms. The zero-order chi connectivity index (χ0) is 19.2. The molecule has 2 aliphatic rings. The van der Waals surface area contributed by atoms with Gasteiger partial charge in [-0.1, -0.05) is 31.9 Å². The van der Waals surface area contributed by atoms with Gasteiger partial charge in [-0.25, -0.2) is 0 Å². The Kier molecular flexibility index (Phi) is 7.13. The molecular weight excluding hydrogens is 338 g/mol. The SMILES string of the molecule is COc1ccc(CN2CCN([C@H](C)C(=O)N[C@H]3CCCC[C@H]3C)CC2)cc1. The summed E-state index contributed by atoms with van der Waals surface area (Å²) in [5.74, 6) is 1.71. The summed E-state index contributed by atoms with van der Waals surface area (Å²) in [5, 5.41) is 3.32. The van der Waals surface area contributed by atoms with Crippen LogP contribution >= 0.6 is 0 Å². The quantitative estimate of drug-likeness (QED) is 0.833. The van der Waals surface area contributed by atoms with Crippen LogP contribution in [0, 0.1) is 5.92 Å². The van der Waals surface area contributed by atoms with Crippen LogP contribution in [0.25, 0.3) is 0 Å². The summed E-state index contributed by atoms with van der Waals surface area (Å²) in [6, 6.07) is 8.63. The summed E-state index contributed by atoms with van der Waals surface area (Å²) in [5.41, 5.74) is 1.31. The first kappa shape index (κ1) is 20.2. The molecule has 27 heavy (non-hydrogen) atoms. The number of carbonyl (C=O) groups is 1. The molecule has 1 aliphatic carbocycles. The molecule has 0 unspecified atom stereocenters.